The molecule has 0 aliphatic rings. The van der Waals surface area contributed by atoms with Crippen LogP contribution in [0, 0.1) is 0 Å². The van der Waals surface area contributed by atoms with Crippen LogP contribution in [0.1, 0.15) is 17.3 Å². The molecule has 0 saturated heterocycles. The second-order valence-electron chi connectivity index (χ2n) is 5.99. The van der Waals surface area contributed by atoms with Crippen LogP contribution in [0.5, 0.6) is 0 Å². The Hall–Kier alpha value is -3.39. The number of nitrogens with one attached hydrogen (secondary N) is 4. The van der Waals surface area contributed by atoms with Gasteiger partial charge in [-0.25, -0.2) is 0 Å². The summed E-state index contributed by atoms with van der Waals surface area (Å²) >= 11 is 0. The highest BCUT2D eigenvalue weighted by molar-refractivity contribution is 5.96. The number of hydrogen-bond donors (Lipinski definition) is 4. The third-order valence-electron chi connectivity index (χ3n) is 3.66. The van der Waals surface area contributed by atoms with Gasteiger partial charge in [-0.2, -0.15) is 0 Å². The minimum Gasteiger partial charge on any atom is -0.383 e. The summed E-state index contributed by atoms with van der Waals surface area (Å²) in [6.45, 7) is 2.37. The summed E-state index contributed by atoms with van der Waals surface area (Å²) in [5.74, 6) is -0.594. The summed E-state index contributed by atoms with van der Waals surface area (Å²) in [6, 6.07) is 13.7. The molecule has 8 heteroatoms. The number of hydrogen-bond acceptors (Lipinski definition) is 5. The van der Waals surface area contributed by atoms with Gasteiger partial charge in [0.2, 0.25) is 11.8 Å². The molecule has 0 radical (unpaired) electrons. The van der Waals surface area contributed by atoms with E-state index in [-0.39, 0.29) is 24.3 Å². The number of methoxy groups -OCH3 is 1. The molecule has 4 N–H and O–H groups in total. The van der Waals surface area contributed by atoms with Crippen molar-refractivity contribution in [3.8, 4) is 0 Å². The molecule has 0 aliphatic carbocycles. The van der Waals surface area contributed by atoms with Gasteiger partial charge in [-0.05, 0) is 42.5 Å². The van der Waals surface area contributed by atoms with Crippen molar-refractivity contribution in [2.75, 3.05) is 42.8 Å². The molecule has 0 spiro atoms. The predicted molar refractivity (Wildman–Crippen MR) is 109 cm³/mol. The van der Waals surface area contributed by atoms with Crippen molar-refractivity contribution in [3.05, 3.63) is 54.1 Å². The van der Waals surface area contributed by atoms with E-state index in [9.17, 15) is 14.4 Å². The van der Waals surface area contributed by atoms with Crippen LogP contribution in [0.4, 0.5) is 17.1 Å². The Labute approximate surface area is 163 Å². The molecule has 0 fully saturated rings. The highest BCUT2D eigenvalue weighted by Gasteiger charge is 2.07. The van der Waals surface area contributed by atoms with E-state index in [1.165, 1.54) is 6.92 Å². The second kappa shape index (κ2) is 10.7. The minimum absolute atomic E-state index is 0.0583. The van der Waals surface area contributed by atoms with Gasteiger partial charge in [-0.15, -0.1) is 0 Å². The van der Waals surface area contributed by atoms with Crippen LogP contribution in [0.15, 0.2) is 48.5 Å². The van der Waals surface area contributed by atoms with Crippen molar-refractivity contribution in [1.29, 1.82) is 0 Å². The van der Waals surface area contributed by atoms with Crippen LogP contribution >= 0.6 is 0 Å². The van der Waals surface area contributed by atoms with Gasteiger partial charge in [0, 0.05) is 43.2 Å². The Kier molecular flexibility index (Phi) is 7.98. The molecule has 0 aromatic heterocycles. The normalized spacial score (nSPS) is 10.1. The number of carbonyl (C=O) groups is 3. The molecule has 2 aromatic carbocycles. The lowest BCUT2D eigenvalue weighted by Crippen LogP contribution is -2.27. The van der Waals surface area contributed by atoms with Crippen molar-refractivity contribution in [2.45, 2.75) is 6.92 Å². The third-order valence-corrected chi connectivity index (χ3v) is 3.66. The maximum absolute atomic E-state index is 12.1. The van der Waals surface area contributed by atoms with E-state index in [1.54, 1.807) is 55.6 Å². The van der Waals surface area contributed by atoms with E-state index in [0.717, 1.165) is 0 Å². The van der Waals surface area contributed by atoms with E-state index in [0.29, 0.717) is 35.8 Å². The van der Waals surface area contributed by atoms with Gasteiger partial charge in [-0.3, -0.25) is 14.4 Å². The zero-order chi connectivity index (χ0) is 20.4. The highest BCUT2D eigenvalue weighted by atomic mass is 16.5. The van der Waals surface area contributed by atoms with Gasteiger partial charge in [0.15, 0.2) is 0 Å². The zero-order valence-electron chi connectivity index (χ0n) is 15.9. The van der Waals surface area contributed by atoms with Gasteiger partial charge >= 0.3 is 0 Å². The molecule has 0 bridgehead atoms. The number of ether oxygens (including phenoxy) is 1. The molecule has 3 amide bonds. The summed E-state index contributed by atoms with van der Waals surface area (Å²) < 4.78 is 4.88. The van der Waals surface area contributed by atoms with Crippen molar-refractivity contribution >= 4 is 34.8 Å². The van der Waals surface area contributed by atoms with Crippen LogP contribution in [0.25, 0.3) is 0 Å². The fourth-order valence-electron chi connectivity index (χ4n) is 2.37. The van der Waals surface area contributed by atoms with Gasteiger partial charge in [0.25, 0.3) is 5.91 Å². The van der Waals surface area contributed by atoms with Gasteiger partial charge in [0.1, 0.15) is 0 Å². The first-order valence-corrected chi connectivity index (χ1v) is 8.76. The standard InChI is InChI=1S/C20H24N4O4/c1-14(25)23-18-5-3-4-17(12-18)22-13-19(26)24-16-8-6-15(7-9-16)20(27)21-10-11-28-2/h3-9,12,22H,10-11,13H2,1-2H3,(H,21,27)(H,23,25)(H,24,26). The molecule has 0 heterocycles. The Morgan fingerprint density at radius 2 is 1.64 bits per heavy atom. The maximum atomic E-state index is 12.1. The average Bonchev–Trinajstić information content (AvgIpc) is 2.67. The summed E-state index contributed by atoms with van der Waals surface area (Å²) in [5.41, 5.74) is 2.45. The third kappa shape index (κ3) is 7.08. The first-order chi connectivity index (χ1) is 13.5. The number of rotatable bonds is 9. The fraction of sp³-hybridized carbons (Fsp3) is 0.250. The number of anilines is 3. The van der Waals surface area contributed by atoms with Crippen LogP contribution < -0.4 is 21.3 Å². The molecule has 0 unspecified atom stereocenters. The summed E-state index contributed by atoms with van der Waals surface area (Å²) in [5, 5.41) is 11.2. The van der Waals surface area contributed by atoms with Crippen LogP contribution in [0.2, 0.25) is 0 Å². The van der Waals surface area contributed by atoms with Crippen LogP contribution in [-0.4, -0.2) is 44.5 Å². The Morgan fingerprint density at radius 3 is 2.32 bits per heavy atom. The largest absolute Gasteiger partial charge is 0.383 e. The van der Waals surface area contributed by atoms with E-state index in [4.69, 9.17) is 4.74 Å². The molecule has 2 rings (SSSR count). The van der Waals surface area contributed by atoms with E-state index in [2.05, 4.69) is 21.3 Å². The highest BCUT2D eigenvalue weighted by Crippen LogP contribution is 2.15. The second-order valence-corrected chi connectivity index (χ2v) is 5.99. The molecule has 0 aliphatic heterocycles. The lowest BCUT2D eigenvalue weighted by molar-refractivity contribution is -0.115. The lowest BCUT2D eigenvalue weighted by atomic mass is 10.2. The van der Waals surface area contributed by atoms with Gasteiger partial charge in [0.05, 0.1) is 13.2 Å². The summed E-state index contributed by atoms with van der Waals surface area (Å²) in [7, 11) is 1.57. The smallest absolute Gasteiger partial charge is 0.251 e. The fourth-order valence-corrected chi connectivity index (χ4v) is 2.37. The number of carbonyl (C=O) groups excluding carboxylic acids is 3. The molecule has 2 aromatic rings. The van der Waals surface area contributed by atoms with Crippen LogP contribution in [-0.2, 0) is 14.3 Å². The molecule has 28 heavy (non-hydrogen) atoms. The zero-order valence-corrected chi connectivity index (χ0v) is 15.9. The van der Waals surface area contributed by atoms with Crippen LogP contribution in [0.3, 0.4) is 0 Å². The van der Waals surface area contributed by atoms with Gasteiger partial charge < -0.3 is 26.0 Å². The number of amides is 3. The van der Waals surface area contributed by atoms with Crippen molar-refractivity contribution in [2.24, 2.45) is 0 Å². The minimum atomic E-state index is -0.234. The maximum Gasteiger partial charge on any atom is 0.251 e. The molecule has 148 valence electrons. The van der Waals surface area contributed by atoms with Gasteiger partial charge in [-0.1, -0.05) is 6.07 Å². The monoisotopic (exact) mass is 384 g/mol. The van der Waals surface area contributed by atoms with Crippen molar-refractivity contribution in [3.63, 3.8) is 0 Å². The van der Waals surface area contributed by atoms with E-state index in [1.807, 2.05) is 0 Å². The molecular formula is C20H24N4O4. The average molecular weight is 384 g/mol. The topological polar surface area (TPSA) is 109 Å². The summed E-state index contributed by atoms with van der Waals surface area (Å²) in [6.07, 6.45) is 0. The predicted octanol–water partition coefficient (Wildman–Crippen LogP) is 2.07. The molecule has 0 atom stereocenters. The Morgan fingerprint density at radius 1 is 0.929 bits per heavy atom. The van der Waals surface area contributed by atoms with Crippen molar-refractivity contribution in [1.82, 2.24) is 5.32 Å². The summed E-state index contributed by atoms with van der Waals surface area (Å²) in [4.78, 5) is 35.1. The lowest BCUT2D eigenvalue weighted by Gasteiger charge is -2.10. The van der Waals surface area contributed by atoms with E-state index < -0.39 is 0 Å². The Balaban J connectivity index is 1.83. The molecule has 8 nitrogen and oxygen atoms in total. The molecular weight excluding hydrogens is 360 g/mol. The first-order valence-electron chi connectivity index (χ1n) is 8.76. The molecule has 0 saturated carbocycles. The van der Waals surface area contributed by atoms with E-state index >= 15 is 0 Å². The van der Waals surface area contributed by atoms with Crippen molar-refractivity contribution < 1.29 is 19.1 Å². The quantitative estimate of drug-likeness (QED) is 0.495. The SMILES string of the molecule is COCCNC(=O)c1ccc(NC(=O)CNc2cccc(NC(C)=O)c2)cc1. The Bertz CT molecular complexity index is 821. The number of benzene rings is 2. The first kappa shape index (κ1) is 20.9.